The third-order valence-electron chi connectivity index (χ3n) is 6.19. The number of alkyl halides is 3. The standard InChI is InChI=1S/C22H24ClF3N4O3/c1-13(14-4-3-5-15(10-14)22(24,25)26)27-18-16-11-30(12-17(16)28-20(23)29-18)19(31)21(32-2)6-8-33-9-7-21/h3-5,10,13H,6-9,11-12H2,1-2H3,(H,27,28,29)/t13-/m1/s1. The molecule has 11 heteroatoms. The number of carbonyl (C=O) groups is 1. The van der Waals surface area contributed by atoms with Crippen molar-refractivity contribution in [2.75, 3.05) is 25.6 Å². The summed E-state index contributed by atoms with van der Waals surface area (Å²) in [6.07, 6.45) is -3.52. The molecule has 1 fully saturated rings. The van der Waals surface area contributed by atoms with Crippen LogP contribution in [0.15, 0.2) is 24.3 Å². The normalized spacial score (nSPS) is 18.7. The molecule has 7 nitrogen and oxygen atoms in total. The number of anilines is 1. The van der Waals surface area contributed by atoms with Crippen molar-refractivity contribution in [3.8, 4) is 0 Å². The van der Waals surface area contributed by atoms with E-state index in [9.17, 15) is 18.0 Å². The molecular weight excluding hydrogens is 461 g/mol. The van der Waals surface area contributed by atoms with Crippen LogP contribution >= 0.6 is 11.6 Å². The predicted octanol–water partition coefficient (Wildman–Crippen LogP) is 4.36. The molecule has 0 radical (unpaired) electrons. The number of amides is 1. The van der Waals surface area contributed by atoms with Crippen molar-refractivity contribution in [2.24, 2.45) is 0 Å². The first kappa shape index (κ1) is 23.7. The predicted molar refractivity (Wildman–Crippen MR) is 115 cm³/mol. The van der Waals surface area contributed by atoms with Crippen LogP contribution in [0.2, 0.25) is 5.28 Å². The topological polar surface area (TPSA) is 76.6 Å². The molecule has 2 aromatic rings. The van der Waals surface area contributed by atoms with E-state index in [-0.39, 0.29) is 24.3 Å². The SMILES string of the molecule is COC1(C(=O)N2Cc3nc(Cl)nc(N[C@H](C)c4cccc(C(F)(F)F)c4)c3C2)CCOCC1. The lowest BCUT2D eigenvalue weighted by molar-refractivity contribution is -0.167. The number of rotatable bonds is 5. The number of halogens is 4. The highest BCUT2D eigenvalue weighted by molar-refractivity contribution is 6.28. The molecule has 4 rings (SSSR count). The molecule has 178 valence electrons. The molecule has 1 saturated heterocycles. The summed E-state index contributed by atoms with van der Waals surface area (Å²) < 4.78 is 50.3. The van der Waals surface area contributed by atoms with Gasteiger partial charge < -0.3 is 19.7 Å². The Balaban J connectivity index is 1.56. The molecule has 33 heavy (non-hydrogen) atoms. The number of hydrogen-bond donors (Lipinski definition) is 1. The first-order chi connectivity index (χ1) is 15.6. The smallest absolute Gasteiger partial charge is 0.381 e. The van der Waals surface area contributed by atoms with Crippen LogP contribution < -0.4 is 5.32 Å². The second-order valence-electron chi connectivity index (χ2n) is 8.23. The van der Waals surface area contributed by atoms with Gasteiger partial charge in [-0.15, -0.1) is 0 Å². The van der Waals surface area contributed by atoms with Crippen LogP contribution in [0.4, 0.5) is 19.0 Å². The van der Waals surface area contributed by atoms with E-state index < -0.39 is 23.4 Å². The van der Waals surface area contributed by atoms with E-state index in [0.29, 0.717) is 48.7 Å². The van der Waals surface area contributed by atoms with Crippen LogP contribution in [0.5, 0.6) is 0 Å². The zero-order valence-electron chi connectivity index (χ0n) is 18.2. The van der Waals surface area contributed by atoms with Gasteiger partial charge in [0.15, 0.2) is 5.60 Å². The molecule has 1 atom stereocenters. The summed E-state index contributed by atoms with van der Waals surface area (Å²) in [6, 6.07) is 4.61. The van der Waals surface area contributed by atoms with Gasteiger partial charge in [0, 0.05) is 44.8 Å². The maximum Gasteiger partial charge on any atom is 0.416 e. The van der Waals surface area contributed by atoms with Crippen LogP contribution in [0.1, 0.15) is 48.2 Å². The Morgan fingerprint density at radius 2 is 2.00 bits per heavy atom. The molecular formula is C22H24ClF3N4O3. The summed E-state index contributed by atoms with van der Waals surface area (Å²) in [5, 5.41) is 3.14. The average Bonchev–Trinajstić information content (AvgIpc) is 3.22. The Morgan fingerprint density at radius 3 is 2.67 bits per heavy atom. The Hall–Kier alpha value is -2.43. The third-order valence-corrected chi connectivity index (χ3v) is 6.36. The summed E-state index contributed by atoms with van der Waals surface area (Å²) in [5.41, 5.74) is 0.0546. The molecule has 1 aromatic heterocycles. The van der Waals surface area contributed by atoms with Gasteiger partial charge in [-0.3, -0.25) is 4.79 Å². The van der Waals surface area contributed by atoms with Crippen molar-refractivity contribution < 1.29 is 27.4 Å². The zero-order chi connectivity index (χ0) is 23.8. The van der Waals surface area contributed by atoms with Gasteiger partial charge in [0.25, 0.3) is 5.91 Å². The van der Waals surface area contributed by atoms with Crippen LogP contribution in [-0.2, 0) is 33.5 Å². The van der Waals surface area contributed by atoms with Crippen molar-refractivity contribution in [1.82, 2.24) is 14.9 Å². The molecule has 2 aliphatic heterocycles. The van der Waals surface area contributed by atoms with Gasteiger partial charge in [-0.1, -0.05) is 12.1 Å². The fraction of sp³-hybridized carbons (Fsp3) is 0.500. The number of methoxy groups -OCH3 is 1. The molecule has 0 aliphatic carbocycles. The Kier molecular flexibility index (Phi) is 6.52. The van der Waals surface area contributed by atoms with Gasteiger partial charge in [0.1, 0.15) is 5.82 Å². The number of fused-ring (bicyclic) bond motifs is 1. The Labute approximate surface area is 194 Å². The van der Waals surface area contributed by atoms with Crippen LogP contribution in [0.3, 0.4) is 0 Å². The van der Waals surface area contributed by atoms with Crippen molar-refractivity contribution in [3.05, 3.63) is 51.9 Å². The quantitative estimate of drug-likeness (QED) is 0.635. The van der Waals surface area contributed by atoms with E-state index in [1.807, 2.05) is 0 Å². The number of nitrogens with one attached hydrogen (secondary N) is 1. The fourth-order valence-corrected chi connectivity index (χ4v) is 4.44. The fourth-order valence-electron chi connectivity index (χ4n) is 4.26. The number of nitrogens with zero attached hydrogens (tertiary/aromatic N) is 3. The Bertz CT molecular complexity index is 1040. The van der Waals surface area contributed by atoms with Crippen molar-refractivity contribution >= 4 is 23.3 Å². The van der Waals surface area contributed by atoms with E-state index in [1.165, 1.54) is 13.2 Å². The summed E-state index contributed by atoms with van der Waals surface area (Å²) in [6.45, 7) is 3.10. The summed E-state index contributed by atoms with van der Waals surface area (Å²) >= 11 is 6.12. The lowest BCUT2D eigenvalue weighted by Crippen LogP contribution is -2.51. The lowest BCUT2D eigenvalue weighted by Gasteiger charge is -2.37. The molecule has 1 N–H and O–H groups in total. The average molecular weight is 485 g/mol. The third kappa shape index (κ3) is 4.78. The molecule has 3 heterocycles. The molecule has 0 bridgehead atoms. The minimum Gasteiger partial charge on any atom is -0.381 e. The van der Waals surface area contributed by atoms with Gasteiger partial charge in [-0.2, -0.15) is 13.2 Å². The molecule has 1 amide bonds. The molecule has 0 spiro atoms. The van der Waals surface area contributed by atoms with E-state index in [4.69, 9.17) is 21.1 Å². The van der Waals surface area contributed by atoms with E-state index in [2.05, 4.69) is 15.3 Å². The van der Waals surface area contributed by atoms with Gasteiger partial charge in [0.05, 0.1) is 24.3 Å². The summed E-state index contributed by atoms with van der Waals surface area (Å²) in [5.74, 6) is 0.239. The van der Waals surface area contributed by atoms with Crippen LogP contribution in [0, 0.1) is 0 Å². The van der Waals surface area contributed by atoms with E-state index in [0.717, 1.165) is 12.1 Å². The van der Waals surface area contributed by atoms with Gasteiger partial charge in [0.2, 0.25) is 5.28 Å². The monoisotopic (exact) mass is 484 g/mol. The van der Waals surface area contributed by atoms with Gasteiger partial charge in [-0.25, -0.2) is 9.97 Å². The molecule has 0 unspecified atom stereocenters. The van der Waals surface area contributed by atoms with Crippen LogP contribution in [-0.4, -0.2) is 46.7 Å². The van der Waals surface area contributed by atoms with Gasteiger partial charge in [-0.05, 0) is 36.2 Å². The summed E-state index contributed by atoms with van der Waals surface area (Å²) in [7, 11) is 1.52. The van der Waals surface area contributed by atoms with Gasteiger partial charge >= 0.3 is 6.18 Å². The van der Waals surface area contributed by atoms with E-state index in [1.54, 1.807) is 17.9 Å². The maximum absolute atomic E-state index is 13.3. The van der Waals surface area contributed by atoms with Crippen molar-refractivity contribution in [3.63, 3.8) is 0 Å². The minimum absolute atomic E-state index is 0.00527. The Morgan fingerprint density at radius 1 is 1.27 bits per heavy atom. The number of hydrogen-bond acceptors (Lipinski definition) is 6. The minimum atomic E-state index is -4.43. The highest BCUT2D eigenvalue weighted by Crippen LogP contribution is 2.35. The first-order valence-corrected chi connectivity index (χ1v) is 10.9. The largest absolute Gasteiger partial charge is 0.416 e. The highest BCUT2D eigenvalue weighted by atomic mass is 35.5. The number of carbonyl (C=O) groups excluding carboxylic acids is 1. The first-order valence-electron chi connectivity index (χ1n) is 10.5. The molecule has 1 aromatic carbocycles. The maximum atomic E-state index is 13.3. The van der Waals surface area contributed by atoms with Crippen molar-refractivity contribution in [1.29, 1.82) is 0 Å². The second-order valence-corrected chi connectivity index (χ2v) is 8.57. The van der Waals surface area contributed by atoms with Crippen LogP contribution in [0.25, 0.3) is 0 Å². The van der Waals surface area contributed by atoms with Crippen molar-refractivity contribution in [2.45, 2.75) is 50.7 Å². The molecule has 0 saturated carbocycles. The summed E-state index contributed by atoms with van der Waals surface area (Å²) in [4.78, 5) is 23.5. The van der Waals surface area contributed by atoms with E-state index >= 15 is 0 Å². The highest BCUT2D eigenvalue weighted by Gasteiger charge is 2.45. The lowest BCUT2D eigenvalue weighted by atomic mass is 9.92. The number of aromatic nitrogens is 2. The number of ether oxygens (including phenoxy) is 2. The zero-order valence-corrected chi connectivity index (χ0v) is 19.0. The number of benzene rings is 1. The second kappa shape index (κ2) is 9.08. The molecule has 2 aliphatic rings.